The number of carbonyl (C=O) groups excluding carboxylic acids is 1. The molecule has 104 valence electrons. The van der Waals surface area contributed by atoms with Crippen molar-refractivity contribution < 1.29 is 18.7 Å². The van der Waals surface area contributed by atoms with Gasteiger partial charge < -0.3 is 20.6 Å². The zero-order chi connectivity index (χ0) is 14.0. The van der Waals surface area contributed by atoms with Gasteiger partial charge in [0.2, 0.25) is 0 Å². The lowest BCUT2D eigenvalue weighted by Crippen LogP contribution is -2.46. The Labute approximate surface area is 109 Å². The maximum Gasteiger partial charge on any atom is 0.322 e. The van der Waals surface area contributed by atoms with Crippen molar-refractivity contribution in [1.82, 2.24) is 10.2 Å². The predicted octanol–water partition coefficient (Wildman–Crippen LogP) is 0.761. The van der Waals surface area contributed by atoms with E-state index in [1.165, 1.54) is 11.9 Å². The largest absolute Gasteiger partial charge is 0.390 e. The molecule has 0 aliphatic carbocycles. The zero-order valence-electron chi connectivity index (χ0n) is 10.4. The molecule has 0 bridgehead atoms. The Bertz CT molecular complexity index is 484. The van der Waals surface area contributed by atoms with Crippen LogP contribution in [0.2, 0.25) is 0 Å². The van der Waals surface area contributed by atoms with Gasteiger partial charge in [-0.3, -0.25) is 0 Å². The summed E-state index contributed by atoms with van der Waals surface area (Å²) in [5.41, 5.74) is -0.0984. The summed E-state index contributed by atoms with van der Waals surface area (Å²) in [6, 6.07) is 1.98. The van der Waals surface area contributed by atoms with Crippen LogP contribution in [0.15, 0.2) is 18.2 Å². The Morgan fingerprint density at radius 2 is 2.21 bits per heavy atom. The smallest absolute Gasteiger partial charge is 0.322 e. The van der Waals surface area contributed by atoms with Crippen LogP contribution < -0.4 is 10.6 Å². The Hall–Kier alpha value is -1.73. The summed E-state index contributed by atoms with van der Waals surface area (Å²) in [4.78, 5) is 13.2. The number of aliphatic hydroxyl groups excluding tert-OH is 1. The van der Waals surface area contributed by atoms with Gasteiger partial charge in [0, 0.05) is 26.2 Å². The summed E-state index contributed by atoms with van der Waals surface area (Å²) in [7, 11) is 1.51. The van der Waals surface area contributed by atoms with Crippen LogP contribution >= 0.6 is 0 Å². The van der Waals surface area contributed by atoms with Gasteiger partial charge in [-0.25, -0.2) is 13.6 Å². The fourth-order valence-electron chi connectivity index (χ4n) is 1.99. The molecule has 1 saturated heterocycles. The number of urea groups is 1. The molecule has 5 nitrogen and oxygen atoms in total. The molecule has 2 atom stereocenters. The van der Waals surface area contributed by atoms with Gasteiger partial charge in [-0.1, -0.05) is 0 Å². The number of aliphatic hydroxyl groups is 1. The lowest BCUT2D eigenvalue weighted by molar-refractivity contribution is 0.115. The second-order valence-corrected chi connectivity index (χ2v) is 4.46. The SMILES string of the molecule is CN(C(=O)Nc1ccc(F)cc1F)[C@@H]1CNC[C@H]1O. The van der Waals surface area contributed by atoms with Crippen LogP contribution in [0, 0.1) is 11.6 Å². The van der Waals surface area contributed by atoms with Crippen molar-refractivity contribution in [2.45, 2.75) is 12.1 Å². The van der Waals surface area contributed by atoms with Crippen LogP contribution in [-0.4, -0.2) is 48.3 Å². The van der Waals surface area contributed by atoms with E-state index in [0.717, 1.165) is 12.1 Å². The van der Waals surface area contributed by atoms with Gasteiger partial charge in [0.1, 0.15) is 11.6 Å². The molecule has 0 radical (unpaired) electrons. The van der Waals surface area contributed by atoms with Gasteiger partial charge in [0.05, 0.1) is 17.8 Å². The van der Waals surface area contributed by atoms with E-state index in [4.69, 9.17) is 0 Å². The number of β-amino-alcohol motifs (C(OH)–C–C–N with tert-alkyl or cyclic N) is 1. The number of benzene rings is 1. The van der Waals surface area contributed by atoms with Crippen molar-refractivity contribution in [2.75, 3.05) is 25.5 Å². The molecule has 2 amide bonds. The summed E-state index contributed by atoms with van der Waals surface area (Å²) in [6.07, 6.45) is -0.659. The Balaban J connectivity index is 2.04. The minimum atomic E-state index is -0.841. The number of halogens is 2. The monoisotopic (exact) mass is 271 g/mol. The van der Waals surface area contributed by atoms with Crippen molar-refractivity contribution >= 4 is 11.7 Å². The number of nitrogens with zero attached hydrogens (tertiary/aromatic N) is 1. The molecule has 2 rings (SSSR count). The van der Waals surface area contributed by atoms with Crippen molar-refractivity contribution in [3.8, 4) is 0 Å². The van der Waals surface area contributed by atoms with Gasteiger partial charge in [0.25, 0.3) is 0 Å². The number of nitrogens with one attached hydrogen (secondary N) is 2. The fraction of sp³-hybridized carbons (Fsp3) is 0.417. The molecule has 1 aliphatic heterocycles. The number of hydrogen-bond acceptors (Lipinski definition) is 3. The standard InChI is InChI=1S/C12H15F2N3O2/c1-17(10-5-15-6-11(10)18)12(19)16-9-3-2-7(13)4-8(9)14/h2-4,10-11,15,18H,5-6H2,1H3,(H,16,19)/t10-,11-/m1/s1. The average Bonchev–Trinajstić information content (AvgIpc) is 2.78. The quantitative estimate of drug-likeness (QED) is 0.744. The molecule has 1 fully saturated rings. The second kappa shape index (κ2) is 5.50. The topological polar surface area (TPSA) is 64.6 Å². The molecule has 3 N–H and O–H groups in total. The Morgan fingerprint density at radius 3 is 2.79 bits per heavy atom. The van der Waals surface area contributed by atoms with Gasteiger partial charge in [-0.05, 0) is 12.1 Å². The van der Waals surface area contributed by atoms with E-state index in [0.29, 0.717) is 19.2 Å². The first-order valence-electron chi connectivity index (χ1n) is 5.86. The average molecular weight is 271 g/mol. The summed E-state index contributed by atoms with van der Waals surface area (Å²) in [6.45, 7) is 0.879. The summed E-state index contributed by atoms with van der Waals surface area (Å²) >= 11 is 0. The highest BCUT2D eigenvalue weighted by atomic mass is 19.1. The van der Waals surface area contributed by atoms with Crippen LogP contribution in [-0.2, 0) is 0 Å². The first kappa shape index (κ1) is 13.7. The van der Waals surface area contributed by atoms with Crippen LogP contribution in [0.25, 0.3) is 0 Å². The maximum atomic E-state index is 13.4. The molecular formula is C12H15F2N3O2. The molecular weight excluding hydrogens is 256 g/mol. The minimum absolute atomic E-state index is 0.0984. The molecule has 1 heterocycles. The highest BCUT2D eigenvalue weighted by Crippen LogP contribution is 2.16. The molecule has 7 heteroatoms. The third kappa shape index (κ3) is 2.99. The molecule has 0 aromatic heterocycles. The van der Waals surface area contributed by atoms with Gasteiger partial charge in [0.15, 0.2) is 0 Å². The number of amides is 2. The van der Waals surface area contributed by atoms with E-state index in [-0.39, 0.29) is 11.7 Å². The summed E-state index contributed by atoms with van der Waals surface area (Å²) in [5, 5.41) is 14.9. The van der Waals surface area contributed by atoms with E-state index in [1.54, 1.807) is 0 Å². The molecule has 19 heavy (non-hydrogen) atoms. The highest BCUT2D eigenvalue weighted by molar-refractivity contribution is 5.89. The number of carbonyl (C=O) groups is 1. The lowest BCUT2D eigenvalue weighted by Gasteiger charge is -2.26. The molecule has 1 aromatic rings. The number of rotatable bonds is 2. The zero-order valence-corrected chi connectivity index (χ0v) is 10.4. The van der Waals surface area contributed by atoms with E-state index < -0.39 is 23.8 Å². The van der Waals surface area contributed by atoms with Crippen molar-refractivity contribution in [3.05, 3.63) is 29.8 Å². The van der Waals surface area contributed by atoms with Crippen LogP contribution in [0.5, 0.6) is 0 Å². The van der Waals surface area contributed by atoms with Crippen LogP contribution in [0.1, 0.15) is 0 Å². The van der Waals surface area contributed by atoms with E-state index in [2.05, 4.69) is 10.6 Å². The van der Waals surface area contributed by atoms with Gasteiger partial charge in [-0.15, -0.1) is 0 Å². The predicted molar refractivity (Wildman–Crippen MR) is 65.8 cm³/mol. The highest BCUT2D eigenvalue weighted by Gasteiger charge is 2.31. The van der Waals surface area contributed by atoms with Crippen molar-refractivity contribution in [3.63, 3.8) is 0 Å². The number of likely N-dealkylation sites (N-methyl/N-ethyl adjacent to an activating group) is 1. The first-order chi connectivity index (χ1) is 8.99. The third-order valence-electron chi connectivity index (χ3n) is 3.14. The maximum absolute atomic E-state index is 13.4. The molecule has 0 spiro atoms. The van der Waals surface area contributed by atoms with Crippen molar-refractivity contribution in [2.24, 2.45) is 0 Å². The number of anilines is 1. The minimum Gasteiger partial charge on any atom is -0.390 e. The van der Waals surface area contributed by atoms with E-state index >= 15 is 0 Å². The Kier molecular flexibility index (Phi) is 3.96. The normalized spacial score (nSPS) is 22.3. The van der Waals surface area contributed by atoms with Crippen LogP contribution in [0.3, 0.4) is 0 Å². The first-order valence-corrected chi connectivity index (χ1v) is 5.86. The van der Waals surface area contributed by atoms with Crippen molar-refractivity contribution in [1.29, 1.82) is 0 Å². The number of hydrogen-bond donors (Lipinski definition) is 3. The van der Waals surface area contributed by atoms with Gasteiger partial charge in [-0.2, -0.15) is 0 Å². The molecule has 0 saturated carbocycles. The summed E-state index contributed by atoms with van der Waals surface area (Å²) in [5.74, 6) is -1.55. The molecule has 1 aromatic carbocycles. The van der Waals surface area contributed by atoms with E-state index in [9.17, 15) is 18.7 Å². The van der Waals surface area contributed by atoms with E-state index in [1.807, 2.05) is 0 Å². The van der Waals surface area contributed by atoms with Crippen LogP contribution in [0.4, 0.5) is 19.3 Å². The third-order valence-corrected chi connectivity index (χ3v) is 3.14. The molecule has 1 aliphatic rings. The second-order valence-electron chi connectivity index (χ2n) is 4.46. The molecule has 0 unspecified atom stereocenters. The fourth-order valence-corrected chi connectivity index (χ4v) is 1.99. The lowest BCUT2D eigenvalue weighted by atomic mass is 10.2. The summed E-state index contributed by atoms with van der Waals surface area (Å²) < 4.78 is 26.1. The van der Waals surface area contributed by atoms with Gasteiger partial charge >= 0.3 is 6.03 Å². The Morgan fingerprint density at radius 1 is 1.47 bits per heavy atom.